The predicted molar refractivity (Wildman–Crippen MR) is 38.6 cm³/mol. The minimum Gasteiger partial charge on any atom is -0.366 e. The first kappa shape index (κ1) is 6.33. The van der Waals surface area contributed by atoms with Crippen molar-refractivity contribution < 1.29 is 4.58 Å². The van der Waals surface area contributed by atoms with Crippen LogP contribution in [0, 0.1) is 0 Å². The minimum atomic E-state index is 1.03. The summed E-state index contributed by atoms with van der Waals surface area (Å²) in [5, 5.41) is 0. The van der Waals surface area contributed by atoms with E-state index in [0.717, 1.165) is 13.1 Å². The average molecular weight is 125 g/mol. The number of hydrogen-bond acceptors (Lipinski definition) is 1. The molecule has 1 aliphatic rings. The maximum absolute atomic E-state index is 2.18. The molecule has 2 heteroatoms. The molecule has 0 fully saturated rings. The molecule has 0 spiro atoms. The molecule has 0 aromatic heterocycles. The molecule has 2 nitrogen and oxygen atoms in total. The molecule has 0 unspecified atom stereocenters. The Kier molecular flexibility index (Phi) is 1.88. The van der Waals surface area contributed by atoms with Gasteiger partial charge in [-0.3, -0.25) is 0 Å². The van der Waals surface area contributed by atoms with E-state index >= 15 is 0 Å². The standard InChI is InChI=1S/C7H13N2/c1-3-9-6-4-8(2)5-7-9/h4,6-7H,3,5H2,1-2H3/q+1. The molecular weight excluding hydrogens is 112 g/mol. The molecule has 1 aliphatic heterocycles. The van der Waals surface area contributed by atoms with Crippen molar-refractivity contribution in [3.63, 3.8) is 0 Å². The van der Waals surface area contributed by atoms with Crippen LogP contribution in [-0.2, 0) is 0 Å². The second kappa shape index (κ2) is 2.67. The van der Waals surface area contributed by atoms with Gasteiger partial charge in [-0.15, -0.1) is 0 Å². The van der Waals surface area contributed by atoms with Crippen molar-refractivity contribution >= 4 is 6.21 Å². The van der Waals surface area contributed by atoms with Crippen molar-refractivity contribution in [3.8, 4) is 0 Å². The van der Waals surface area contributed by atoms with Crippen LogP contribution >= 0.6 is 0 Å². The average Bonchev–Trinajstić information content (AvgIpc) is 1.90. The van der Waals surface area contributed by atoms with Crippen molar-refractivity contribution in [2.24, 2.45) is 0 Å². The number of rotatable bonds is 1. The first-order valence-electron chi connectivity index (χ1n) is 3.30. The van der Waals surface area contributed by atoms with Crippen LogP contribution in [0.15, 0.2) is 12.4 Å². The zero-order valence-electron chi connectivity index (χ0n) is 6.04. The maximum Gasteiger partial charge on any atom is 0.184 e. The van der Waals surface area contributed by atoms with Gasteiger partial charge in [0.15, 0.2) is 12.4 Å². The zero-order chi connectivity index (χ0) is 6.69. The summed E-state index contributed by atoms with van der Waals surface area (Å²) in [5.74, 6) is 0. The van der Waals surface area contributed by atoms with Gasteiger partial charge in [0, 0.05) is 7.05 Å². The fraction of sp³-hybridized carbons (Fsp3) is 0.571. The molecule has 0 atom stereocenters. The van der Waals surface area contributed by atoms with Crippen molar-refractivity contribution in [1.29, 1.82) is 0 Å². The van der Waals surface area contributed by atoms with E-state index in [1.165, 1.54) is 0 Å². The molecule has 0 amide bonds. The smallest absolute Gasteiger partial charge is 0.184 e. The van der Waals surface area contributed by atoms with Gasteiger partial charge in [-0.2, -0.15) is 0 Å². The Hall–Kier alpha value is -0.790. The summed E-state index contributed by atoms with van der Waals surface area (Å²) in [7, 11) is 2.07. The van der Waals surface area contributed by atoms with Gasteiger partial charge in [-0.25, -0.2) is 4.58 Å². The highest BCUT2D eigenvalue weighted by atomic mass is 15.1. The van der Waals surface area contributed by atoms with Crippen molar-refractivity contribution in [1.82, 2.24) is 4.90 Å². The van der Waals surface area contributed by atoms with E-state index < -0.39 is 0 Å². The summed E-state index contributed by atoms with van der Waals surface area (Å²) < 4.78 is 2.18. The number of nitrogens with zero attached hydrogens (tertiary/aromatic N) is 2. The van der Waals surface area contributed by atoms with Crippen molar-refractivity contribution in [3.05, 3.63) is 12.4 Å². The van der Waals surface area contributed by atoms with Crippen LogP contribution in [0.3, 0.4) is 0 Å². The summed E-state index contributed by atoms with van der Waals surface area (Å²) in [5.41, 5.74) is 0. The molecule has 0 saturated carbocycles. The highest BCUT2D eigenvalue weighted by molar-refractivity contribution is 5.55. The topological polar surface area (TPSA) is 6.25 Å². The molecule has 0 radical (unpaired) electrons. The highest BCUT2D eigenvalue weighted by Crippen LogP contribution is 1.89. The van der Waals surface area contributed by atoms with E-state index in [9.17, 15) is 0 Å². The summed E-state index contributed by atoms with van der Waals surface area (Å²) in [6, 6.07) is 0. The lowest BCUT2D eigenvalue weighted by Crippen LogP contribution is -2.23. The highest BCUT2D eigenvalue weighted by Gasteiger charge is 2.02. The third-order valence-electron chi connectivity index (χ3n) is 1.48. The van der Waals surface area contributed by atoms with E-state index in [0.29, 0.717) is 0 Å². The van der Waals surface area contributed by atoms with Gasteiger partial charge in [0.1, 0.15) is 6.54 Å². The molecule has 0 aromatic rings. The quantitative estimate of drug-likeness (QED) is 0.463. The molecule has 1 rings (SSSR count). The lowest BCUT2D eigenvalue weighted by molar-refractivity contribution is -0.451. The molecule has 0 N–H and O–H groups in total. The van der Waals surface area contributed by atoms with Gasteiger partial charge >= 0.3 is 0 Å². The zero-order valence-corrected chi connectivity index (χ0v) is 6.04. The molecule has 50 valence electrons. The van der Waals surface area contributed by atoms with E-state index in [1.54, 1.807) is 0 Å². The van der Waals surface area contributed by atoms with E-state index in [1.807, 2.05) is 0 Å². The van der Waals surface area contributed by atoms with Gasteiger partial charge in [0.25, 0.3) is 0 Å². The second-order valence-corrected chi connectivity index (χ2v) is 2.25. The normalized spacial score (nSPS) is 18.0. The van der Waals surface area contributed by atoms with Gasteiger partial charge < -0.3 is 4.90 Å². The Bertz CT molecular complexity index is 147. The molecule has 0 aromatic carbocycles. The van der Waals surface area contributed by atoms with Crippen LogP contribution in [0.1, 0.15) is 6.92 Å². The van der Waals surface area contributed by atoms with Gasteiger partial charge in [-0.1, -0.05) is 0 Å². The van der Waals surface area contributed by atoms with E-state index in [2.05, 4.69) is 42.1 Å². The molecule has 0 bridgehead atoms. The van der Waals surface area contributed by atoms with Gasteiger partial charge in [0.2, 0.25) is 0 Å². The monoisotopic (exact) mass is 125 g/mol. The summed E-state index contributed by atoms with van der Waals surface area (Å²) in [6.07, 6.45) is 6.35. The van der Waals surface area contributed by atoms with Crippen molar-refractivity contribution in [2.45, 2.75) is 6.92 Å². The Balaban J connectivity index is 2.52. The lowest BCUT2D eigenvalue weighted by Gasteiger charge is -2.11. The Labute approximate surface area is 56.1 Å². The van der Waals surface area contributed by atoms with E-state index in [-0.39, 0.29) is 0 Å². The summed E-state index contributed by atoms with van der Waals surface area (Å²) in [6.45, 7) is 4.25. The largest absolute Gasteiger partial charge is 0.366 e. The fourth-order valence-corrected chi connectivity index (χ4v) is 0.789. The second-order valence-electron chi connectivity index (χ2n) is 2.25. The van der Waals surface area contributed by atoms with Crippen LogP contribution < -0.4 is 0 Å². The first-order chi connectivity index (χ1) is 4.33. The SMILES string of the molecule is CC[N+]1=CCN(C)C=C1. The molecule has 1 heterocycles. The predicted octanol–water partition coefficient (Wildman–Crippen LogP) is 0.506. The van der Waals surface area contributed by atoms with Crippen molar-refractivity contribution in [2.75, 3.05) is 20.1 Å². The van der Waals surface area contributed by atoms with Crippen LogP contribution in [-0.4, -0.2) is 35.8 Å². The molecule has 0 aliphatic carbocycles. The Morgan fingerprint density at radius 1 is 1.67 bits per heavy atom. The minimum absolute atomic E-state index is 1.03. The molecule has 9 heavy (non-hydrogen) atoms. The Morgan fingerprint density at radius 3 is 2.89 bits per heavy atom. The Morgan fingerprint density at radius 2 is 2.44 bits per heavy atom. The van der Waals surface area contributed by atoms with Crippen LogP contribution in [0.4, 0.5) is 0 Å². The third-order valence-corrected chi connectivity index (χ3v) is 1.48. The first-order valence-corrected chi connectivity index (χ1v) is 3.30. The summed E-state index contributed by atoms with van der Waals surface area (Å²) in [4.78, 5) is 2.14. The molecular formula is C7H13N2+. The van der Waals surface area contributed by atoms with Crippen LogP contribution in [0.25, 0.3) is 0 Å². The van der Waals surface area contributed by atoms with Crippen LogP contribution in [0.5, 0.6) is 0 Å². The summed E-state index contributed by atoms with van der Waals surface area (Å²) >= 11 is 0. The fourth-order valence-electron chi connectivity index (χ4n) is 0.789. The van der Waals surface area contributed by atoms with Gasteiger partial charge in [0.05, 0.1) is 12.7 Å². The van der Waals surface area contributed by atoms with Crippen LogP contribution in [0.2, 0.25) is 0 Å². The lowest BCUT2D eigenvalue weighted by atomic mass is 10.5. The number of hydrogen-bond donors (Lipinski definition) is 0. The van der Waals surface area contributed by atoms with Gasteiger partial charge in [-0.05, 0) is 6.92 Å². The third kappa shape index (κ3) is 1.56. The maximum atomic E-state index is 2.18. The van der Waals surface area contributed by atoms with E-state index in [4.69, 9.17) is 0 Å². The molecule has 0 saturated heterocycles.